The fourth-order valence-corrected chi connectivity index (χ4v) is 2.03. The fourth-order valence-electron chi connectivity index (χ4n) is 1.79. The average molecular weight is 241 g/mol. The van der Waals surface area contributed by atoms with Crippen molar-refractivity contribution in [1.29, 1.82) is 0 Å². The summed E-state index contributed by atoms with van der Waals surface area (Å²) < 4.78 is 3.19. The van der Waals surface area contributed by atoms with Crippen LogP contribution in [0, 0.1) is 0 Å². The predicted octanol–water partition coefficient (Wildman–Crippen LogP) is 1.30. The van der Waals surface area contributed by atoms with E-state index in [1.807, 2.05) is 7.05 Å². The quantitative estimate of drug-likeness (QED) is 0.859. The summed E-state index contributed by atoms with van der Waals surface area (Å²) in [5, 5.41) is 13.2. The van der Waals surface area contributed by atoms with Crippen LogP contribution in [0.4, 0.5) is 0 Å². The van der Waals surface area contributed by atoms with Crippen LogP contribution < -0.4 is 0 Å². The van der Waals surface area contributed by atoms with Crippen molar-refractivity contribution < 1.29 is 9.90 Å². The first kappa shape index (κ1) is 9.65. The molecule has 2 heterocycles. The van der Waals surface area contributed by atoms with Crippen LogP contribution in [0.15, 0.2) is 0 Å². The topological polar surface area (TPSA) is 72.4 Å². The van der Waals surface area contributed by atoms with Crippen LogP contribution in [0.5, 0.6) is 0 Å². The lowest BCUT2D eigenvalue weighted by molar-refractivity contribution is 0.0691. The maximum Gasteiger partial charge on any atom is 0.357 e. The zero-order valence-corrected chi connectivity index (χ0v) is 9.27. The molecule has 0 bridgehead atoms. The number of aryl methyl sites for hydroxylation is 1. The number of imidazole rings is 1. The first-order chi connectivity index (χ1) is 7.59. The zero-order chi connectivity index (χ0) is 11.4. The van der Waals surface area contributed by atoms with Crippen LogP contribution in [0.1, 0.15) is 35.1 Å². The molecule has 16 heavy (non-hydrogen) atoms. The van der Waals surface area contributed by atoms with Gasteiger partial charge in [-0.05, 0) is 12.8 Å². The number of hydrogen-bond acceptors (Lipinski definition) is 3. The van der Waals surface area contributed by atoms with Crippen LogP contribution in [-0.2, 0) is 7.05 Å². The molecule has 7 heteroatoms. The van der Waals surface area contributed by atoms with E-state index in [1.165, 1.54) is 4.52 Å². The Bertz CT molecular complexity index is 596. The molecule has 0 saturated heterocycles. The smallest absolute Gasteiger partial charge is 0.357 e. The van der Waals surface area contributed by atoms with Crippen LogP contribution in [0.25, 0.3) is 5.78 Å². The molecule has 1 aliphatic rings. The normalized spacial score (nSPS) is 15.9. The molecule has 1 N–H and O–H groups in total. The summed E-state index contributed by atoms with van der Waals surface area (Å²) in [7, 11) is 1.82. The third-order valence-corrected chi connectivity index (χ3v) is 3.11. The molecule has 84 valence electrons. The van der Waals surface area contributed by atoms with Crippen LogP contribution >= 0.6 is 11.6 Å². The van der Waals surface area contributed by atoms with Gasteiger partial charge < -0.3 is 5.11 Å². The number of fused-ring (bicyclic) bond motifs is 1. The minimum atomic E-state index is -1.14. The molecular formula is C9H9ClN4O2. The molecule has 2 aromatic heterocycles. The van der Waals surface area contributed by atoms with E-state index in [0.29, 0.717) is 11.7 Å². The molecule has 0 amide bonds. The number of hydrogen-bond donors (Lipinski definition) is 1. The highest BCUT2D eigenvalue weighted by Crippen LogP contribution is 2.39. The van der Waals surface area contributed by atoms with Crippen molar-refractivity contribution in [3.63, 3.8) is 0 Å². The second-order valence-corrected chi connectivity index (χ2v) is 4.32. The predicted molar refractivity (Wildman–Crippen MR) is 55.9 cm³/mol. The maximum absolute atomic E-state index is 10.8. The third kappa shape index (κ3) is 1.16. The maximum atomic E-state index is 10.8. The average Bonchev–Trinajstić information content (AvgIpc) is 2.94. The number of carbonyl (C=O) groups is 1. The second kappa shape index (κ2) is 2.98. The Hall–Kier alpha value is -1.56. The number of halogens is 1. The Morgan fingerprint density at radius 2 is 2.25 bits per heavy atom. The Balaban J connectivity index is 2.25. The minimum Gasteiger partial charge on any atom is -0.476 e. The van der Waals surface area contributed by atoms with Gasteiger partial charge in [0, 0.05) is 13.0 Å². The molecule has 1 aliphatic carbocycles. The van der Waals surface area contributed by atoms with Crippen molar-refractivity contribution in [2.24, 2.45) is 7.05 Å². The number of aromatic carboxylic acids is 1. The van der Waals surface area contributed by atoms with Gasteiger partial charge in [-0.25, -0.2) is 9.78 Å². The van der Waals surface area contributed by atoms with Gasteiger partial charge in [0.05, 0.1) is 0 Å². The van der Waals surface area contributed by atoms with E-state index in [9.17, 15) is 4.79 Å². The highest BCUT2D eigenvalue weighted by molar-refractivity contribution is 6.32. The summed E-state index contributed by atoms with van der Waals surface area (Å²) in [6.07, 6.45) is 2.24. The van der Waals surface area contributed by atoms with Crippen molar-refractivity contribution in [3.8, 4) is 0 Å². The van der Waals surface area contributed by atoms with E-state index in [0.717, 1.165) is 18.7 Å². The highest BCUT2D eigenvalue weighted by atomic mass is 35.5. The summed E-state index contributed by atoms with van der Waals surface area (Å²) in [4.78, 5) is 14.8. The Morgan fingerprint density at radius 1 is 1.56 bits per heavy atom. The minimum absolute atomic E-state index is 0.0602. The van der Waals surface area contributed by atoms with Crippen molar-refractivity contribution in [1.82, 2.24) is 19.2 Å². The number of rotatable bonds is 2. The van der Waals surface area contributed by atoms with E-state index in [-0.39, 0.29) is 10.8 Å². The van der Waals surface area contributed by atoms with Gasteiger partial charge in [0.15, 0.2) is 10.8 Å². The van der Waals surface area contributed by atoms with Gasteiger partial charge >= 0.3 is 5.97 Å². The summed E-state index contributed by atoms with van der Waals surface area (Å²) in [5.74, 6) is 0.727. The largest absolute Gasteiger partial charge is 0.476 e. The Labute approximate surface area is 95.5 Å². The fraction of sp³-hybridized carbons (Fsp3) is 0.444. The first-order valence-corrected chi connectivity index (χ1v) is 5.31. The van der Waals surface area contributed by atoms with Crippen LogP contribution in [0.3, 0.4) is 0 Å². The van der Waals surface area contributed by atoms with E-state index < -0.39 is 5.97 Å². The number of aromatic nitrogens is 4. The molecule has 0 aromatic carbocycles. The number of carboxylic acids is 1. The molecule has 0 spiro atoms. The number of carboxylic acid groups (broad SMARTS) is 1. The molecule has 2 aromatic rings. The van der Waals surface area contributed by atoms with Gasteiger partial charge in [-0.1, -0.05) is 11.6 Å². The van der Waals surface area contributed by atoms with Gasteiger partial charge in [-0.3, -0.25) is 4.57 Å². The van der Waals surface area contributed by atoms with Crippen LogP contribution in [-0.4, -0.2) is 30.2 Å². The summed E-state index contributed by atoms with van der Waals surface area (Å²) in [6.45, 7) is 0. The summed E-state index contributed by atoms with van der Waals surface area (Å²) in [5.41, 5.74) is -0.151. The van der Waals surface area contributed by atoms with Gasteiger partial charge in [0.2, 0.25) is 5.78 Å². The van der Waals surface area contributed by atoms with Gasteiger partial charge in [-0.2, -0.15) is 9.61 Å². The molecule has 0 radical (unpaired) electrons. The molecule has 0 aliphatic heterocycles. The Morgan fingerprint density at radius 3 is 2.75 bits per heavy atom. The molecule has 6 nitrogen and oxygen atoms in total. The summed E-state index contributed by atoms with van der Waals surface area (Å²) in [6, 6.07) is 0. The van der Waals surface area contributed by atoms with E-state index in [2.05, 4.69) is 10.1 Å². The van der Waals surface area contributed by atoms with Crippen molar-refractivity contribution in [2.45, 2.75) is 18.8 Å². The molecule has 3 rings (SSSR count). The zero-order valence-electron chi connectivity index (χ0n) is 8.51. The number of nitrogens with zero attached hydrogens (tertiary/aromatic N) is 4. The van der Waals surface area contributed by atoms with Gasteiger partial charge in [-0.15, -0.1) is 0 Å². The molecule has 0 unspecified atom stereocenters. The monoisotopic (exact) mass is 240 g/mol. The van der Waals surface area contributed by atoms with Crippen molar-refractivity contribution in [3.05, 3.63) is 16.7 Å². The SMILES string of the molecule is Cn1c(C2CC2)nn2c(Cl)c(C(=O)O)nc12. The van der Waals surface area contributed by atoms with Crippen molar-refractivity contribution in [2.75, 3.05) is 0 Å². The van der Waals surface area contributed by atoms with Gasteiger partial charge in [0.1, 0.15) is 5.82 Å². The molecular weight excluding hydrogens is 232 g/mol. The molecule has 0 atom stereocenters. The lowest BCUT2D eigenvalue weighted by Gasteiger charge is -1.95. The Kier molecular flexibility index (Phi) is 1.79. The van der Waals surface area contributed by atoms with E-state index >= 15 is 0 Å². The molecule has 1 fully saturated rings. The highest BCUT2D eigenvalue weighted by Gasteiger charge is 2.31. The standard InChI is InChI=1S/C9H9ClN4O2/c1-13-7(4-2-3-4)12-14-6(10)5(8(15)16)11-9(13)14/h4H,2-3H2,1H3,(H,15,16). The molecule has 1 saturated carbocycles. The van der Waals surface area contributed by atoms with Crippen LogP contribution in [0.2, 0.25) is 5.15 Å². The van der Waals surface area contributed by atoms with E-state index in [1.54, 1.807) is 4.57 Å². The lowest BCUT2D eigenvalue weighted by atomic mass is 10.4. The van der Waals surface area contributed by atoms with Crippen molar-refractivity contribution >= 4 is 23.3 Å². The first-order valence-electron chi connectivity index (χ1n) is 4.93. The third-order valence-electron chi connectivity index (χ3n) is 2.77. The second-order valence-electron chi connectivity index (χ2n) is 3.96. The lowest BCUT2D eigenvalue weighted by Crippen LogP contribution is -2.01. The summed E-state index contributed by atoms with van der Waals surface area (Å²) >= 11 is 5.91. The van der Waals surface area contributed by atoms with Gasteiger partial charge in [0.25, 0.3) is 0 Å². The van der Waals surface area contributed by atoms with E-state index in [4.69, 9.17) is 16.7 Å².